The van der Waals surface area contributed by atoms with Gasteiger partial charge in [-0.3, -0.25) is 0 Å². The summed E-state index contributed by atoms with van der Waals surface area (Å²) in [7, 11) is 0. The Morgan fingerprint density at radius 3 is 2.82 bits per heavy atom. The molecule has 11 heavy (non-hydrogen) atoms. The van der Waals surface area contributed by atoms with E-state index < -0.39 is 0 Å². The first-order valence-corrected chi connectivity index (χ1v) is 5.38. The molecule has 0 aliphatic carbocycles. The number of nitrogen functional groups attached to an aromatic ring is 1. The average molecular weight is 234 g/mol. The first-order chi connectivity index (χ1) is 5.24. The van der Waals surface area contributed by atoms with Crippen LogP contribution in [0.1, 0.15) is 24.6 Å². The average Bonchev–Trinajstić information content (AvgIpc) is 2.28. The fraction of sp³-hybridized carbons (Fsp3) is 0.500. The van der Waals surface area contributed by atoms with Crippen molar-refractivity contribution in [2.75, 3.05) is 5.73 Å². The van der Waals surface area contributed by atoms with Crippen LogP contribution < -0.4 is 5.73 Å². The molecule has 1 aromatic rings. The summed E-state index contributed by atoms with van der Waals surface area (Å²) < 4.78 is 1.07. The first-order valence-electron chi connectivity index (χ1n) is 3.77. The third-order valence-electron chi connectivity index (χ3n) is 1.54. The Morgan fingerprint density at radius 1 is 1.64 bits per heavy atom. The molecular weight excluding hydrogens is 222 g/mol. The zero-order chi connectivity index (χ0) is 8.27. The van der Waals surface area contributed by atoms with Gasteiger partial charge < -0.3 is 5.73 Å². The molecule has 0 unspecified atom stereocenters. The molecule has 0 radical (unpaired) electrons. The Hall–Kier alpha value is -0.0200. The van der Waals surface area contributed by atoms with Crippen LogP contribution in [0.4, 0.5) is 5.69 Å². The number of aryl methyl sites for hydroxylation is 1. The molecule has 0 amide bonds. The molecule has 0 aliphatic rings. The van der Waals surface area contributed by atoms with Gasteiger partial charge in [0.1, 0.15) is 0 Å². The van der Waals surface area contributed by atoms with Crippen LogP contribution in [-0.2, 0) is 6.42 Å². The van der Waals surface area contributed by atoms with E-state index in [0.29, 0.717) is 0 Å². The van der Waals surface area contributed by atoms with Gasteiger partial charge in [-0.2, -0.15) is 0 Å². The van der Waals surface area contributed by atoms with E-state index in [1.807, 2.05) is 0 Å². The molecule has 0 aliphatic heterocycles. The van der Waals surface area contributed by atoms with Crippen molar-refractivity contribution >= 4 is 33.0 Å². The Labute approximate surface area is 79.7 Å². The zero-order valence-corrected chi connectivity index (χ0v) is 8.96. The molecule has 0 saturated heterocycles. The summed E-state index contributed by atoms with van der Waals surface area (Å²) in [6, 6.07) is 2.06. The largest absolute Gasteiger partial charge is 0.397 e. The minimum Gasteiger partial charge on any atom is -0.397 e. The van der Waals surface area contributed by atoms with Crippen LogP contribution in [0.3, 0.4) is 0 Å². The molecule has 3 heteroatoms. The fourth-order valence-electron chi connectivity index (χ4n) is 0.908. The van der Waals surface area contributed by atoms with Gasteiger partial charge in [-0.05, 0) is 34.8 Å². The van der Waals surface area contributed by atoms with Crippen LogP contribution in [0, 0.1) is 0 Å². The van der Waals surface area contributed by atoms with Crippen LogP contribution in [0.25, 0.3) is 0 Å². The molecule has 62 valence electrons. The van der Waals surface area contributed by atoms with E-state index in [9.17, 15) is 0 Å². The molecule has 0 fully saturated rings. The van der Waals surface area contributed by atoms with Crippen LogP contribution in [0.15, 0.2) is 9.85 Å². The molecule has 0 spiro atoms. The molecule has 1 nitrogen and oxygen atoms in total. The van der Waals surface area contributed by atoms with Gasteiger partial charge in [0.25, 0.3) is 0 Å². The van der Waals surface area contributed by atoms with Gasteiger partial charge in [0, 0.05) is 4.88 Å². The molecule has 1 rings (SSSR count). The lowest BCUT2D eigenvalue weighted by atomic mass is 10.2. The van der Waals surface area contributed by atoms with Gasteiger partial charge in [-0.15, -0.1) is 11.3 Å². The molecule has 1 aromatic heterocycles. The lowest BCUT2D eigenvalue weighted by molar-refractivity contribution is 0.804. The highest BCUT2D eigenvalue weighted by atomic mass is 79.9. The maximum absolute atomic E-state index is 5.68. The van der Waals surface area contributed by atoms with Gasteiger partial charge in [0.15, 0.2) is 0 Å². The summed E-state index contributed by atoms with van der Waals surface area (Å²) in [6.07, 6.45) is 3.67. The molecule has 2 N–H and O–H groups in total. The van der Waals surface area contributed by atoms with Crippen LogP contribution in [0.2, 0.25) is 0 Å². The Bertz CT molecular complexity index is 212. The van der Waals surface area contributed by atoms with E-state index >= 15 is 0 Å². The standard InChI is InChI=1S/C8H12BrNS/c1-2-3-4-6-5-7(10)8(9)11-6/h5H,2-4,10H2,1H3. The van der Waals surface area contributed by atoms with Crippen molar-refractivity contribution in [1.29, 1.82) is 0 Å². The fourth-order valence-corrected chi connectivity index (χ4v) is 2.49. The third-order valence-corrected chi connectivity index (χ3v) is 3.48. The smallest absolute Gasteiger partial charge is 0.0930 e. The predicted octanol–water partition coefficient (Wildman–Crippen LogP) is 3.44. The van der Waals surface area contributed by atoms with E-state index in [-0.39, 0.29) is 0 Å². The number of unbranched alkanes of at least 4 members (excludes halogenated alkanes) is 1. The van der Waals surface area contributed by atoms with E-state index in [1.54, 1.807) is 11.3 Å². The summed E-state index contributed by atoms with van der Waals surface area (Å²) in [5, 5.41) is 0. The number of halogens is 1. The minimum atomic E-state index is 0.876. The maximum Gasteiger partial charge on any atom is 0.0930 e. The summed E-state index contributed by atoms with van der Waals surface area (Å²) in [5.41, 5.74) is 6.55. The number of rotatable bonds is 3. The van der Waals surface area contributed by atoms with Crippen LogP contribution >= 0.6 is 27.3 Å². The van der Waals surface area contributed by atoms with Crippen molar-refractivity contribution in [2.45, 2.75) is 26.2 Å². The number of hydrogen-bond acceptors (Lipinski definition) is 2. The van der Waals surface area contributed by atoms with E-state index in [4.69, 9.17) is 5.73 Å². The normalized spacial score (nSPS) is 10.4. The molecule has 0 bridgehead atoms. The maximum atomic E-state index is 5.68. The summed E-state index contributed by atoms with van der Waals surface area (Å²) in [6.45, 7) is 2.20. The molecule has 0 aromatic carbocycles. The van der Waals surface area contributed by atoms with E-state index in [0.717, 1.165) is 15.9 Å². The molecule has 0 saturated carbocycles. The van der Waals surface area contributed by atoms with E-state index in [2.05, 4.69) is 28.9 Å². The summed E-state index contributed by atoms with van der Waals surface area (Å²) in [5.74, 6) is 0. The summed E-state index contributed by atoms with van der Waals surface area (Å²) >= 11 is 5.15. The van der Waals surface area contributed by atoms with Crippen molar-refractivity contribution in [2.24, 2.45) is 0 Å². The second-order valence-electron chi connectivity index (χ2n) is 2.55. The van der Waals surface area contributed by atoms with Crippen molar-refractivity contribution in [3.05, 3.63) is 14.7 Å². The van der Waals surface area contributed by atoms with Crippen molar-refractivity contribution in [3.63, 3.8) is 0 Å². The predicted molar refractivity (Wildman–Crippen MR) is 55.0 cm³/mol. The molecule has 1 heterocycles. The van der Waals surface area contributed by atoms with Crippen LogP contribution in [0.5, 0.6) is 0 Å². The highest BCUT2D eigenvalue weighted by molar-refractivity contribution is 9.11. The monoisotopic (exact) mass is 233 g/mol. The second kappa shape index (κ2) is 4.12. The van der Waals surface area contributed by atoms with Crippen LogP contribution in [-0.4, -0.2) is 0 Å². The van der Waals surface area contributed by atoms with Gasteiger partial charge in [-0.1, -0.05) is 13.3 Å². The number of thiophene rings is 1. The number of anilines is 1. The lowest BCUT2D eigenvalue weighted by Crippen LogP contribution is -1.80. The highest BCUT2D eigenvalue weighted by Gasteiger charge is 2.01. The number of nitrogens with two attached hydrogens (primary N) is 1. The summed E-state index contributed by atoms with van der Waals surface area (Å²) in [4.78, 5) is 1.39. The Balaban J connectivity index is 2.58. The van der Waals surface area contributed by atoms with Gasteiger partial charge in [0.2, 0.25) is 0 Å². The highest BCUT2D eigenvalue weighted by Crippen LogP contribution is 2.30. The molecular formula is C8H12BrNS. The van der Waals surface area contributed by atoms with Crippen molar-refractivity contribution in [3.8, 4) is 0 Å². The zero-order valence-electron chi connectivity index (χ0n) is 6.56. The van der Waals surface area contributed by atoms with Gasteiger partial charge >= 0.3 is 0 Å². The lowest BCUT2D eigenvalue weighted by Gasteiger charge is -1.90. The van der Waals surface area contributed by atoms with Gasteiger partial charge in [-0.25, -0.2) is 0 Å². The Kier molecular flexibility index (Phi) is 3.40. The van der Waals surface area contributed by atoms with Crippen molar-refractivity contribution < 1.29 is 0 Å². The van der Waals surface area contributed by atoms with Gasteiger partial charge in [0.05, 0.1) is 9.47 Å². The third kappa shape index (κ3) is 2.49. The first kappa shape index (κ1) is 9.07. The molecule has 0 atom stereocenters. The Morgan fingerprint density at radius 2 is 2.36 bits per heavy atom. The number of hydrogen-bond donors (Lipinski definition) is 1. The van der Waals surface area contributed by atoms with Crippen molar-refractivity contribution in [1.82, 2.24) is 0 Å². The quantitative estimate of drug-likeness (QED) is 0.851. The second-order valence-corrected chi connectivity index (χ2v) is 5.00. The SMILES string of the molecule is CCCCc1cc(N)c(Br)s1. The minimum absolute atomic E-state index is 0.876. The van der Waals surface area contributed by atoms with E-state index in [1.165, 1.54) is 17.7 Å². The topological polar surface area (TPSA) is 26.0 Å².